The lowest BCUT2D eigenvalue weighted by Gasteiger charge is -2.21. The molecule has 0 atom stereocenters. The van der Waals surface area contributed by atoms with Crippen LogP contribution in [0, 0.1) is 0 Å². The maximum Gasteiger partial charge on any atom is 0.173 e. The first-order chi connectivity index (χ1) is 8.56. The summed E-state index contributed by atoms with van der Waals surface area (Å²) in [7, 11) is 1.89. The van der Waals surface area contributed by atoms with Gasteiger partial charge in [-0.15, -0.1) is 0 Å². The number of hydrogen-bond donors (Lipinski definition) is 2. The molecule has 0 aliphatic heterocycles. The Kier molecular flexibility index (Phi) is 5.38. The Bertz CT molecular complexity index is 407. The molecule has 6 nitrogen and oxygen atoms in total. The lowest BCUT2D eigenvalue weighted by molar-refractivity contribution is 0.0845. The molecule has 0 bridgehead atoms. The SMILES string of the molecule is CC(C)OCCN(C)c1ncccc1/C(N)=N/O. The van der Waals surface area contributed by atoms with E-state index in [1.54, 1.807) is 18.3 Å². The molecule has 18 heavy (non-hydrogen) atoms. The van der Waals surface area contributed by atoms with E-state index >= 15 is 0 Å². The van der Waals surface area contributed by atoms with Gasteiger partial charge in [-0.05, 0) is 26.0 Å². The van der Waals surface area contributed by atoms with Gasteiger partial charge in [0.05, 0.1) is 18.3 Å². The van der Waals surface area contributed by atoms with Crippen LogP contribution in [0.4, 0.5) is 5.82 Å². The fraction of sp³-hybridized carbons (Fsp3) is 0.500. The Morgan fingerprint density at radius 2 is 2.33 bits per heavy atom. The van der Waals surface area contributed by atoms with Crippen LogP contribution in [0.3, 0.4) is 0 Å². The van der Waals surface area contributed by atoms with Crippen molar-refractivity contribution in [1.29, 1.82) is 0 Å². The van der Waals surface area contributed by atoms with Crippen molar-refractivity contribution in [2.24, 2.45) is 10.9 Å². The van der Waals surface area contributed by atoms with Crippen molar-refractivity contribution in [3.05, 3.63) is 23.9 Å². The van der Waals surface area contributed by atoms with Gasteiger partial charge in [-0.1, -0.05) is 5.16 Å². The first-order valence-corrected chi connectivity index (χ1v) is 5.82. The van der Waals surface area contributed by atoms with Crippen LogP contribution < -0.4 is 10.6 Å². The average Bonchev–Trinajstić information content (AvgIpc) is 2.37. The van der Waals surface area contributed by atoms with Crippen LogP contribution >= 0.6 is 0 Å². The van der Waals surface area contributed by atoms with Crippen LogP contribution in [0.15, 0.2) is 23.5 Å². The number of nitrogens with zero attached hydrogens (tertiary/aromatic N) is 3. The van der Waals surface area contributed by atoms with Crippen molar-refractivity contribution >= 4 is 11.7 Å². The lowest BCUT2D eigenvalue weighted by Crippen LogP contribution is -2.28. The molecule has 0 amide bonds. The van der Waals surface area contributed by atoms with Crippen molar-refractivity contribution in [3.63, 3.8) is 0 Å². The summed E-state index contributed by atoms with van der Waals surface area (Å²) < 4.78 is 5.48. The topological polar surface area (TPSA) is 84.0 Å². The molecule has 1 heterocycles. The summed E-state index contributed by atoms with van der Waals surface area (Å²) in [6, 6.07) is 3.51. The second-order valence-corrected chi connectivity index (χ2v) is 4.20. The van der Waals surface area contributed by atoms with E-state index in [1.165, 1.54) is 0 Å². The molecule has 0 saturated carbocycles. The molecule has 0 radical (unpaired) electrons. The van der Waals surface area contributed by atoms with Crippen LogP contribution in [-0.2, 0) is 4.74 Å². The molecule has 3 N–H and O–H groups in total. The van der Waals surface area contributed by atoms with E-state index in [0.717, 1.165) is 0 Å². The zero-order chi connectivity index (χ0) is 13.5. The number of hydrogen-bond acceptors (Lipinski definition) is 5. The second-order valence-electron chi connectivity index (χ2n) is 4.20. The average molecular weight is 252 g/mol. The van der Waals surface area contributed by atoms with Crippen LogP contribution in [0.1, 0.15) is 19.4 Å². The highest BCUT2D eigenvalue weighted by Gasteiger charge is 2.11. The van der Waals surface area contributed by atoms with Crippen molar-refractivity contribution in [2.45, 2.75) is 20.0 Å². The van der Waals surface area contributed by atoms with E-state index < -0.39 is 0 Å². The lowest BCUT2D eigenvalue weighted by atomic mass is 10.2. The summed E-state index contributed by atoms with van der Waals surface area (Å²) >= 11 is 0. The minimum absolute atomic E-state index is 0.0507. The highest BCUT2D eigenvalue weighted by atomic mass is 16.5. The number of rotatable bonds is 6. The standard InChI is InChI=1S/C12H20N4O2/c1-9(2)18-8-7-16(3)12-10(11(13)15-17)5-4-6-14-12/h4-6,9,17H,7-8H2,1-3H3,(H2,13,15). The van der Waals surface area contributed by atoms with Crippen LogP contribution in [-0.4, -0.2) is 42.3 Å². The first-order valence-electron chi connectivity index (χ1n) is 5.82. The third kappa shape index (κ3) is 3.89. The fourth-order valence-corrected chi connectivity index (χ4v) is 1.49. The minimum Gasteiger partial charge on any atom is -0.409 e. The van der Waals surface area contributed by atoms with Crippen molar-refractivity contribution in [1.82, 2.24) is 4.98 Å². The number of aromatic nitrogens is 1. The van der Waals surface area contributed by atoms with E-state index in [-0.39, 0.29) is 11.9 Å². The Morgan fingerprint density at radius 1 is 1.61 bits per heavy atom. The van der Waals surface area contributed by atoms with Crippen molar-refractivity contribution < 1.29 is 9.94 Å². The zero-order valence-corrected chi connectivity index (χ0v) is 11.0. The molecule has 0 fully saturated rings. The molecular weight excluding hydrogens is 232 g/mol. The van der Waals surface area contributed by atoms with Gasteiger partial charge in [-0.3, -0.25) is 0 Å². The van der Waals surface area contributed by atoms with Gasteiger partial charge in [0.1, 0.15) is 5.82 Å². The largest absolute Gasteiger partial charge is 0.409 e. The smallest absolute Gasteiger partial charge is 0.173 e. The Labute approximate surface area is 107 Å². The van der Waals surface area contributed by atoms with E-state index in [1.807, 2.05) is 25.8 Å². The van der Waals surface area contributed by atoms with Crippen LogP contribution in [0.5, 0.6) is 0 Å². The third-order valence-corrected chi connectivity index (χ3v) is 2.41. The van der Waals surface area contributed by atoms with Gasteiger partial charge in [-0.25, -0.2) is 4.98 Å². The highest BCUT2D eigenvalue weighted by Crippen LogP contribution is 2.15. The number of ether oxygens (including phenoxy) is 1. The normalized spacial score (nSPS) is 11.9. The van der Waals surface area contributed by atoms with Gasteiger partial charge in [-0.2, -0.15) is 0 Å². The molecule has 0 spiro atoms. The number of likely N-dealkylation sites (N-methyl/N-ethyl adjacent to an activating group) is 1. The van der Waals surface area contributed by atoms with E-state index in [2.05, 4.69) is 10.1 Å². The van der Waals surface area contributed by atoms with Crippen LogP contribution in [0.2, 0.25) is 0 Å². The van der Waals surface area contributed by atoms with Crippen LogP contribution in [0.25, 0.3) is 0 Å². The predicted octanol–water partition coefficient (Wildman–Crippen LogP) is 1.04. The number of amidine groups is 1. The van der Waals surface area contributed by atoms with Crippen molar-refractivity contribution in [2.75, 3.05) is 25.1 Å². The maximum atomic E-state index is 8.74. The summed E-state index contributed by atoms with van der Waals surface area (Å²) in [6.45, 7) is 5.26. The van der Waals surface area contributed by atoms with E-state index in [0.29, 0.717) is 24.5 Å². The number of oxime groups is 1. The van der Waals surface area contributed by atoms with E-state index in [4.69, 9.17) is 15.7 Å². The second kappa shape index (κ2) is 6.80. The maximum absolute atomic E-state index is 8.74. The number of pyridine rings is 1. The molecule has 0 aliphatic carbocycles. The van der Waals surface area contributed by atoms with Gasteiger partial charge >= 0.3 is 0 Å². The van der Waals surface area contributed by atoms with Crippen molar-refractivity contribution in [3.8, 4) is 0 Å². The third-order valence-electron chi connectivity index (χ3n) is 2.41. The van der Waals surface area contributed by atoms with E-state index in [9.17, 15) is 0 Å². The minimum atomic E-state index is 0.0507. The molecule has 0 saturated heterocycles. The summed E-state index contributed by atoms with van der Waals surface area (Å²) in [6.07, 6.45) is 1.87. The molecule has 100 valence electrons. The molecule has 1 aromatic rings. The fourth-order valence-electron chi connectivity index (χ4n) is 1.49. The van der Waals surface area contributed by atoms with Gasteiger partial charge < -0.3 is 20.6 Å². The van der Waals surface area contributed by atoms with Gasteiger partial charge in [0, 0.05) is 19.8 Å². The molecular formula is C12H20N4O2. The molecule has 1 rings (SSSR count). The summed E-state index contributed by atoms with van der Waals surface area (Å²) in [5, 5.41) is 11.7. The summed E-state index contributed by atoms with van der Waals surface area (Å²) in [5.41, 5.74) is 6.22. The number of anilines is 1. The zero-order valence-electron chi connectivity index (χ0n) is 11.0. The predicted molar refractivity (Wildman–Crippen MR) is 71.1 cm³/mol. The highest BCUT2D eigenvalue weighted by molar-refractivity contribution is 6.01. The van der Waals surface area contributed by atoms with Gasteiger partial charge in [0.15, 0.2) is 5.84 Å². The molecule has 0 aliphatic rings. The molecule has 6 heteroatoms. The monoisotopic (exact) mass is 252 g/mol. The molecule has 0 unspecified atom stereocenters. The van der Waals surface area contributed by atoms with Gasteiger partial charge in [0.25, 0.3) is 0 Å². The van der Waals surface area contributed by atoms with Gasteiger partial charge in [0.2, 0.25) is 0 Å². The first kappa shape index (κ1) is 14.2. The summed E-state index contributed by atoms with van der Waals surface area (Å²) in [5.74, 6) is 0.717. The quantitative estimate of drug-likeness (QED) is 0.342. The Hall–Kier alpha value is -1.82. The molecule has 1 aromatic heterocycles. The molecule has 0 aromatic carbocycles. The number of nitrogens with two attached hydrogens (primary N) is 1. The summed E-state index contributed by atoms with van der Waals surface area (Å²) in [4.78, 5) is 6.16. The Morgan fingerprint density at radius 3 is 2.94 bits per heavy atom. The Balaban J connectivity index is 2.76.